The van der Waals surface area contributed by atoms with Crippen molar-refractivity contribution in [2.24, 2.45) is 4.99 Å². The van der Waals surface area contributed by atoms with Crippen LogP contribution in [0, 0.1) is 0 Å². The molecule has 1 N–H and O–H groups in total. The van der Waals surface area contributed by atoms with Gasteiger partial charge in [0.25, 0.3) is 5.91 Å². The molecule has 1 aromatic rings. The molecule has 0 aliphatic carbocycles. The summed E-state index contributed by atoms with van der Waals surface area (Å²) in [4.78, 5) is 22.1. The third-order valence-electron chi connectivity index (χ3n) is 3.79. The molecule has 0 spiro atoms. The Bertz CT molecular complexity index is 502. The van der Waals surface area contributed by atoms with Crippen molar-refractivity contribution in [2.45, 2.75) is 51.7 Å². The minimum atomic E-state index is -1.04. The van der Waals surface area contributed by atoms with Crippen LogP contribution >= 0.6 is 0 Å². The van der Waals surface area contributed by atoms with Crippen molar-refractivity contribution >= 4 is 11.7 Å². The van der Waals surface area contributed by atoms with Crippen molar-refractivity contribution in [1.29, 1.82) is 0 Å². The summed E-state index contributed by atoms with van der Waals surface area (Å²) < 4.78 is 0. The molecule has 1 aliphatic heterocycles. The van der Waals surface area contributed by atoms with Gasteiger partial charge >= 0.3 is 0 Å². The van der Waals surface area contributed by atoms with E-state index < -0.39 is 12.0 Å². The average Bonchev–Trinajstić information content (AvgIpc) is 2.50. The smallest absolute Gasteiger partial charge is 0.278 e. The molecule has 0 saturated heterocycles. The molecule has 0 radical (unpaired) electrons. The molecule has 2 unspecified atom stereocenters. The number of aliphatic hydroxyl groups excluding tert-OH is 1. The number of unbranched alkanes of at least 4 members (excludes halogenated alkanes) is 2. The first-order chi connectivity index (χ1) is 10.1. The zero-order chi connectivity index (χ0) is 15.2. The number of amidine groups is 1. The Hall–Kier alpha value is -1.75. The van der Waals surface area contributed by atoms with E-state index in [-0.39, 0.29) is 6.04 Å². The topological polar surface area (TPSA) is 65.8 Å². The second-order valence-corrected chi connectivity index (χ2v) is 5.50. The first kappa shape index (κ1) is 15.6. The second-order valence-electron chi connectivity index (χ2n) is 5.50. The predicted molar refractivity (Wildman–Crippen MR) is 82.1 cm³/mol. The zero-order valence-corrected chi connectivity index (χ0v) is 12.7. The SMILES string of the molecule is CCCCCC(C)N1CC(O)C(=O)N=C1c1ccccn1. The fourth-order valence-corrected chi connectivity index (χ4v) is 2.53. The third kappa shape index (κ3) is 3.88. The van der Waals surface area contributed by atoms with Gasteiger partial charge in [0.2, 0.25) is 0 Å². The maximum atomic E-state index is 11.7. The van der Waals surface area contributed by atoms with Gasteiger partial charge in [-0.2, -0.15) is 4.99 Å². The van der Waals surface area contributed by atoms with Crippen LogP contribution in [0.3, 0.4) is 0 Å². The van der Waals surface area contributed by atoms with Gasteiger partial charge in [-0.25, -0.2) is 0 Å². The summed E-state index contributed by atoms with van der Waals surface area (Å²) in [7, 11) is 0. The molecule has 114 valence electrons. The van der Waals surface area contributed by atoms with Crippen molar-refractivity contribution in [1.82, 2.24) is 9.88 Å². The normalized spacial score (nSPS) is 20.3. The van der Waals surface area contributed by atoms with E-state index in [4.69, 9.17) is 0 Å². The Morgan fingerprint density at radius 3 is 2.90 bits per heavy atom. The van der Waals surface area contributed by atoms with E-state index in [1.807, 2.05) is 23.1 Å². The number of hydrogen-bond donors (Lipinski definition) is 1. The van der Waals surface area contributed by atoms with Crippen LogP contribution in [0.5, 0.6) is 0 Å². The highest BCUT2D eigenvalue weighted by Gasteiger charge is 2.31. The molecule has 5 nitrogen and oxygen atoms in total. The minimum Gasteiger partial charge on any atom is -0.381 e. The van der Waals surface area contributed by atoms with Crippen molar-refractivity contribution in [3.05, 3.63) is 30.1 Å². The maximum Gasteiger partial charge on any atom is 0.278 e. The van der Waals surface area contributed by atoms with E-state index in [9.17, 15) is 9.90 Å². The van der Waals surface area contributed by atoms with Crippen molar-refractivity contribution in [3.63, 3.8) is 0 Å². The van der Waals surface area contributed by atoms with Crippen LogP contribution in [0.15, 0.2) is 29.4 Å². The highest BCUT2D eigenvalue weighted by atomic mass is 16.3. The van der Waals surface area contributed by atoms with Gasteiger partial charge in [-0.05, 0) is 25.5 Å². The predicted octanol–water partition coefficient (Wildman–Crippen LogP) is 2.00. The van der Waals surface area contributed by atoms with E-state index in [0.717, 1.165) is 12.8 Å². The zero-order valence-electron chi connectivity index (χ0n) is 12.7. The lowest BCUT2D eigenvalue weighted by Crippen LogP contribution is -2.50. The summed E-state index contributed by atoms with van der Waals surface area (Å²) in [5.74, 6) is 0.0996. The van der Waals surface area contributed by atoms with Crippen LogP contribution in [0.1, 0.15) is 45.2 Å². The molecule has 2 heterocycles. The lowest BCUT2D eigenvalue weighted by Gasteiger charge is -2.35. The largest absolute Gasteiger partial charge is 0.381 e. The number of carbonyl (C=O) groups is 1. The first-order valence-corrected chi connectivity index (χ1v) is 7.62. The van der Waals surface area contributed by atoms with Crippen LogP contribution in [-0.4, -0.2) is 45.4 Å². The number of β-amino-alcohol motifs (C(OH)–C–C–N with tert-alkyl or cyclic N) is 1. The molecule has 5 heteroatoms. The number of nitrogens with zero attached hydrogens (tertiary/aromatic N) is 3. The van der Waals surface area contributed by atoms with Gasteiger partial charge in [0, 0.05) is 12.2 Å². The number of aliphatic imine (C=N–C) groups is 1. The Morgan fingerprint density at radius 1 is 1.43 bits per heavy atom. The second kappa shape index (κ2) is 7.31. The molecule has 0 aromatic carbocycles. The number of carbonyl (C=O) groups excluding carboxylic acids is 1. The van der Waals surface area contributed by atoms with Crippen LogP contribution < -0.4 is 0 Å². The van der Waals surface area contributed by atoms with Gasteiger partial charge in [0.15, 0.2) is 11.9 Å². The molecule has 1 aliphatic rings. The van der Waals surface area contributed by atoms with Gasteiger partial charge in [-0.1, -0.05) is 32.3 Å². The van der Waals surface area contributed by atoms with Crippen molar-refractivity contribution in [2.75, 3.05) is 6.54 Å². The lowest BCUT2D eigenvalue weighted by molar-refractivity contribution is -0.127. The molecule has 0 saturated carbocycles. The summed E-state index contributed by atoms with van der Waals surface area (Å²) in [5, 5.41) is 9.81. The Labute approximate surface area is 125 Å². The Morgan fingerprint density at radius 2 is 2.24 bits per heavy atom. The van der Waals surface area contributed by atoms with E-state index >= 15 is 0 Å². The van der Waals surface area contributed by atoms with Crippen LogP contribution in [0.2, 0.25) is 0 Å². The van der Waals surface area contributed by atoms with Crippen LogP contribution in [-0.2, 0) is 4.79 Å². The molecule has 0 fully saturated rings. The first-order valence-electron chi connectivity index (χ1n) is 7.62. The van der Waals surface area contributed by atoms with Gasteiger partial charge < -0.3 is 10.0 Å². The Kier molecular flexibility index (Phi) is 5.44. The molecule has 2 rings (SSSR count). The number of rotatable bonds is 6. The summed E-state index contributed by atoms with van der Waals surface area (Å²) in [5.41, 5.74) is 0.681. The summed E-state index contributed by atoms with van der Waals surface area (Å²) in [6.45, 7) is 4.58. The molecule has 0 bridgehead atoms. The number of aromatic nitrogens is 1. The number of aliphatic hydroxyl groups is 1. The highest BCUT2D eigenvalue weighted by Crippen LogP contribution is 2.18. The van der Waals surface area contributed by atoms with Crippen LogP contribution in [0.4, 0.5) is 0 Å². The fourth-order valence-electron chi connectivity index (χ4n) is 2.53. The average molecular weight is 289 g/mol. The quantitative estimate of drug-likeness (QED) is 0.813. The highest BCUT2D eigenvalue weighted by molar-refractivity contribution is 6.06. The van der Waals surface area contributed by atoms with Gasteiger partial charge in [-0.15, -0.1) is 0 Å². The maximum absolute atomic E-state index is 11.7. The van der Waals surface area contributed by atoms with Crippen LogP contribution in [0.25, 0.3) is 0 Å². The lowest BCUT2D eigenvalue weighted by atomic mass is 10.1. The Balaban J connectivity index is 2.20. The van der Waals surface area contributed by atoms with Gasteiger partial charge in [-0.3, -0.25) is 9.78 Å². The number of pyridine rings is 1. The van der Waals surface area contributed by atoms with E-state index in [0.29, 0.717) is 18.1 Å². The number of hydrogen-bond acceptors (Lipinski definition) is 4. The molecular formula is C16H23N3O2. The van der Waals surface area contributed by atoms with E-state index in [2.05, 4.69) is 23.8 Å². The number of amides is 1. The van der Waals surface area contributed by atoms with Gasteiger partial charge in [0.05, 0.1) is 6.54 Å². The third-order valence-corrected chi connectivity index (χ3v) is 3.79. The molecular weight excluding hydrogens is 266 g/mol. The molecule has 1 amide bonds. The molecule has 21 heavy (non-hydrogen) atoms. The summed E-state index contributed by atoms with van der Waals surface area (Å²) in [6, 6.07) is 5.77. The standard InChI is InChI=1S/C16H23N3O2/c1-3-4-5-8-12(2)19-11-14(20)16(21)18-15(19)13-9-6-7-10-17-13/h6-7,9-10,12,14,20H,3-5,8,11H2,1-2H3. The minimum absolute atomic E-state index is 0.222. The molecule has 2 atom stereocenters. The summed E-state index contributed by atoms with van der Waals surface area (Å²) in [6.07, 6.45) is 5.16. The fraction of sp³-hybridized carbons (Fsp3) is 0.562. The van der Waals surface area contributed by atoms with E-state index in [1.54, 1.807) is 6.20 Å². The monoisotopic (exact) mass is 289 g/mol. The van der Waals surface area contributed by atoms with Crippen molar-refractivity contribution < 1.29 is 9.90 Å². The van der Waals surface area contributed by atoms with Gasteiger partial charge in [0.1, 0.15) is 5.69 Å². The van der Waals surface area contributed by atoms with Crippen molar-refractivity contribution in [3.8, 4) is 0 Å². The van der Waals surface area contributed by atoms with E-state index in [1.165, 1.54) is 12.8 Å². The summed E-state index contributed by atoms with van der Waals surface area (Å²) >= 11 is 0. The molecule has 1 aromatic heterocycles.